The smallest absolute Gasteiger partial charge is 0.0743 e. The van der Waals surface area contributed by atoms with Crippen LogP contribution in [0.15, 0.2) is 30.5 Å². The number of nitrogen functional groups attached to an aromatic ring is 1. The Morgan fingerprint density at radius 1 is 1.43 bits per heavy atom. The number of pyridine rings is 1. The van der Waals surface area contributed by atoms with Gasteiger partial charge in [0.05, 0.1) is 17.7 Å². The van der Waals surface area contributed by atoms with E-state index in [0.29, 0.717) is 5.92 Å². The second kappa shape index (κ2) is 5.53. The molecule has 112 valence electrons. The van der Waals surface area contributed by atoms with E-state index in [-0.39, 0.29) is 12.1 Å². The number of hydrogen-bond donors (Lipinski definition) is 3. The summed E-state index contributed by atoms with van der Waals surface area (Å²) in [6, 6.07) is 7.76. The molecule has 0 saturated heterocycles. The van der Waals surface area contributed by atoms with Gasteiger partial charge in [-0.2, -0.15) is 0 Å². The number of nitrogens with zero attached hydrogens (tertiary/aromatic N) is 1. The van der Waals surface area contributed by atoms with Crippen molar-refractivity contribution in [2.45, 2.75) is 38.1 Å². The van der Waals surface area contributed by atoms with Crippen molar-refractivity contribution in [3.63, 3.8) is 0 Å². The Morgan fingerprint density at radius 2 is 2.29 bits per heavy atom. The molecule has 1 saturated carbocycles. The number of aliphatic hydroxyl groups excluding tert-OH is 1. The molecule has 1 aromatic carbocycles. The highest BCUT2D eigenvalue weighted by Gasteiger charge is 2.34. The number of hydrogen-bond acceptors (Lipinski definition) is 4. The molecular weight excluding hydrogens is 262 g/mol. The van der Waals surface area contributed by atoms with Gasteiger partial charge in [0.25, 0.3) is 0 Å². The zero-order valence-corrected chi connectivity index (χ0v) is 12.5. The first kappa shape index (κ1) is 14.1. The van der Waals surface area contributed by atoms with Crippen molar-refractivity contribution in [3.05, 3.63) is 30.5 Å². The second-order valence-electron chi connectivity index (χ2n) is 6.40. The van der Waals surface area contributed by atoms with E-state index in [4.69, 9.17) is 5.73 Å². The number of nitrogens with two attached hydrogens (primary N) is 1. The van der Waals surface area contributed by atoms with E-state index in [1.54, 1.807) is 6.20 Å². The largest absolute Gasteiger partial charge is 0.399 e. The first-order valence-corrected chi connectivity index (χ1v) is 7.65. The van der Waals surface area contributed by atoms with Crippen molar-refractivity contribution in [3.8, 4) is 0 Å². The Labute approximate surface area is 125 Å². The molecule has 0 radical (unpaired) electrons. The summed E-state index contributed by atoms with van der Waals surface area (Å²) in [7, 11) is 0. The molecule has 4 heteroatoms. The predicted molar refractivity (Wildman–Crippen MR) is 87.2 cm³/mol. The number of fused-ring (bicyclic) bond motifs is 1. The first-order valence-electron chi connectivity index (χ1n) is 7.65. The molecule has 4 N–H and O–H groups in total. The molecule has 0 amide bonds. The van der Waals surface area contributed by atoms with Crippen LogP contribution in [-0.2, 0) is 0 Å². The summed E-state index contributed by atoms with van der Waals surface area (Å²) in [6.07, 6.45) is 6.21. The fourth-order valence-electron chi connectivity index (χ4n) is 3.52. The zero-order chi connectivity index (χ0) is 14.9. The van der Waals surface area contributed by atoms with Gasteiger partial charge in [-0.15, -0.1) is 0 Å². The molecule has 2 aromatic rings. The summed E-state index contributed by atoms with van der Waals surface area (Å²) in [4.78, 5) is 4.38. The Hall–Kier alpha value is -1.81. The van der Waals surface area contributed by atoms with Crippen molar-refractivity contribution in [2.75, 3.05) is 17.7 Å². The van der Waals surface area contributed by atoms with Crippen molar-refractivity contribution >= 4 is 22.3 Å². The third kappa shape index (κ3) is 2.81. The Bertz CT molecular complexity index is 643. The average molecular weight is 285 g/mol. The molecule has 1 aromatic heterocycles. The van der Waals surface area contributed by atoms with Crippen LogP contribution in [0.1, 0.15) is 32.6 Å². The van der Waals surface area contributed by atoms with Gasteiger partial charge >= 0.3 is 0 Å². The average Bonchev–Trinajstić information content (AvgIpc) is 2.47. The van der Waals surface area contributed by atoms with E-state index in [1.165, 1.54) is 6.42 Å². The highest BCUT2D eigenvalue weighted by molar-refractivity contribution is 5.93. The molecule has 4 nitrogen and oxygen atoms in total. The van der Waals surface area contributed by atoms with E-state index < -0.39 is 0 Å². The molecule has 1 aliphatic rings. The minimum atomic E-state index is -0.215. The SMILES string of the molecule is CC1CCCC(CO)(Nc2ccnc3cc(N)ccc23)C1. The number of aromatic nitrogens is 1. The van der Waals surface area contributed by atoms with E-state index in [9.17, 15) is 5.11 Å². The van der Waals surface area contributed by atoms with Gasteiger partial charge in [0.1, 0.15) is 0 Å². The maximum atomic E-state index is 9.94. The summed E-state index contributed by atoms with van der Waals surface area (Å²) in [5.74, 6) is 0.641. The third-order valence-electron chi connectivity index (χ3n) is 4.56. The lowest BCUT2D eigenvalue weighted by Crippen LogP contribution is -2.45. The van der Waals surface area contributed by atoms with E-state index in [2.05, 4.69) is 17.2 Å². The third-order valence-corrected chi connectivity index (χ3v) is 4.56. The van der Waals surface area contributed by atoms with Gasteiger partial charge in [0, 0.05) is 23.0 Å². The van der Waals surface area contributed by atoms with Gasteiger partial charge in [-0.3, -0.25) is 4.98 Å². The fraction of sp³-hybridized carbons (Fsp3) is 0.471. The zero-order valence-electron chi connectivity index (χ0n) is 12.5. The molecule has 0 bridgehead atoms. The summed E-state index contributed by atoms with van der Waals surface area (Å²) in [5, 5.41) is 14.6. The van der Waals surface area contributed by atoms with Crippen molar-refractivity contribution in [1.82, 2.24) is 4.98 Å². The molecule has 3 rings (SSSR count). The van der Waals surface area contributed by atoms with E-state index in [0.717, 1.165) is 41.5 Å². The van der Waals surface area contributed by atoms with Crippen LogP contribution >= 0.6 is 0 Å². The Morgan fingerprint density at radius 3 is 3.05 bits per heavy atom. The molecule has 21 heavy (non-hydrogen) atoms. The standard InChI is InChI=1S/C17H23N3O/c1-12-3-2-7-17(10-12,11-21)20-15-6-8-19-16-9-13(18)4-5-14(15)16/h4-6,8-9,12,21H,2-3,7,10-11,18H2,1H3,(H,19,20). The maximum absolute atomic E-state index is 9.94. The number of nitrogens with one attached hydrogen (secondary N) is 1. The molecule has 1 fully saturated rings. The van der Waals surface area contributed by atoms with Crippen LogP contribution in [-0.4, -0.2) is 22.2 Å². The number of aliphatic hydroxyl groups is 1. The highest BCUT2D eigenvalue weighted by atomic mass is 16.3. The molecule has 1 heterocycles. The molecular formula is C17H23N3O. The molecule has 1 aliphatic carbocycles. The summed E-state index contributed by atoms with van der Waals surface area (Å²) < 4.78 is 0. The molecule has 0 aliphatic heterocycles. The van der Waals surface area contributed by atoms with Crippen LogP contribution in [0.25, 0.3) is 10.9 Å². The maximum Gasteiger partial charge on any atom is 0.0743 e. The Kier molecular flexibility index (Phi) is 3.72. The lowest BCUT2D eigenvalue weighted by molar-refractivity contribution is 0.150. The van der Waals surface area contributed by atoms with E-state index in [1.807, 2.05) is 24.3 Å². The van der Waals surface area contributed by atoms with Gasteiger partial charge in [-0.25, -0.2) is 0 Å². The van der Waals surface area contributed by atoms with Gasteiger partial charge < -0.3 is 16.2 Å². The predicted octanol–water partition coefficient (Wildman–Crippen LogP) is 3.17. The molecule has 2 unspecified atom stereocenters. The van der Waals surface area contributed by atoms with Crippen LogP contribution in [0.4, 0.5) is 11.4 Å². The van der Waals surface area contributed by atoms with E-state index >= 15 is 0 Å². The van der Waals surface area contributed by atoms with Crippen LogP contribution < -0.4 is 11.1 Å². The minimum absolute atomic E-state index is 0.163. The van der Waals surface area contributed by atoms with Crippen LogP contribution in [0.3, 0.4) is 0 Å². The monoisotopic (exact) mass is 285 g/mol. The number of anilines is 2. The summed E-state index contributed by atoms with van der Waals surface area (Å²) >= 11 is 0. The summed E-state index contributed by atoms with van der Waals surface area (Å²) in [6.45, 7) is 2.42. The second-order valence-corrected chi connectivity index (χ2v) is 6.40. The topological polar surface area (TPSA) is 71.2 Å². The van der Waals surface area contributed by atoms with Crippen molar-refractivity contribution in [1.29, 1.82) is 0 Å². The first-order chi connectivity index (χ1) is 10.1. The number of rotatable bonds is 3. The summed E-state index contributed by atoms with van der Waals surface area (Å²) in [5.41, 5.74) is 8.25. The minimum Gasteiger partial charge on any atom is -0.399 e. The normalized spacial score (nSPS) is 25.9. The van der Waals surface area contributed by atoms with Gasteiger partial charge in [-0.1, -0.05) is 19.8 Å². The highest BCUT2D eigenvalue weighted by Crippen LogP contribution is 2.36. The number of benzene rings is 1. The lowest BCUT2D eigenvalue weighted by atomic mass is 9.76. The molecule has 2 atom stereocenters. The Balaban J connectivity index is 1.96. The van der Waals surface area contributed by atoms with Gasteiger partial charge in [0.2, 0.25) is 0 Å². The molecule has 0 spiro atoms. The van der Waals surface area contributed by atoms with Crippen molar-refractivity contribution in [2.24, 2.45) is 5.92 Å². The van der Waals surface area contributed by atoms with Gasteiger partial charge in [0.15, 0.2) is 0 Å². The van der Waals surface area contributed by atoms with Crippen molar-refractivity contribution < 1.29 is 5.11 Å². The quantitative estimate of drug-likeness (QED) is 0.757. The van der Waals surface area contributed by atoms with Crippen LogP contribution in [0.2, 0.25) is 0 Å². The van der Waals surface area contributed by atoms with Gasteiger partial charge in [-0.05, 0) is 43.0 Å². The fourth-order valence-corrected chi connectivity index (χ4v) is 3.52. The lowest BCUT2D eigenvalue weighted by Gasteiger charge is -2.40. The van der Waals surface area contributed by atoms with Crippen LogP contribution in [0, 0.1) is 5.92 Å². The van der Waals surface area contributed by atoms with Crippen LogP contribution in [0.5, 0.6) is 0 Å².